The maximum absolute atomic E-state index is 10.2. The van der Waals surface area contributed by atoms with Gasteiger partial charge in [0.05, 0.1) is 19.8 Å². The fourth-order valence-electron chi connectivity index (χ4n) is 2.63. The SMILES string of the molecule is COc1ccc([C@H](O)CN[C@H]2CCc3ncnn3C2)cc1. The summed E-state index contributed by atoms with van der Waals surface area (Å²) >= 11 is 0. The van der Waals surface area contributed by atoms with E-state index in [0.29, 0.717) is 12.6 Å². The molecule has 1 aromatic carbocycles. The van der Waals surface area contributed by atoms with E-state index < -0.39 is 6.10 Å². The highest BCUT2D eigenvalue weighted by molar-refractivity contribution is 5.28. The molecule has 1 aliphatic heterocycles. The van der Waals surface area contributed by atoms with Gasteiger partial charge in [0.1, 0.15) is 17.9 Å². The number of nitrogens with zero attached hydrogens (tertiary/aromatic N) is 3. The average Bonchev–Trinajstić information content (AvgIpc) is 3.00. The Bertz CT molecular complexity index is 582. The number of rotatable bonds is 5. The first-order valence-corrected chi connectivity index (χ1v) is 7.18. The minimum absolute atomic E-state index is 0.326. The van der Waals surface area contributed by atoms with Crippen LogP contribution in [0.1, 0.15) is 23.9 Å². The van der Waals surface area contributed by atoms with Crippen LogP contribution in [0.25, 0.3) is 0 Å². The number of nitrogens with one attached hydrogen (secondary N) is 1. The van der Waals surface area contributed by atoms with Crippen molar-refractivity contribution < 1.29 is 9.84 Å². The molecule has 0 spiro atoms. The van der Waals surface area contributed by atoms with Crippen LogP contribution in [0.4, 0.5) is 0 Å². The molecular weight excluding hydrogens is 268 g/mol. The first kappa shape index (κ1) is 14.0. The van der Waals surface area contributed by atoms with Crippen LogP contribution in [-0.4, -0.2) is 39.6 Å². The van der Waals surface area contributed by atoms with Crippen molar-refractivity contribution in [1.82, 2.24) is 20.1 Å². The number of fused-ring (bicyclic) bond motifs is 1. The van der Waals surface area contributed by atoms with Gasteiger partial charge in [-0.25, -0.2) is 9.67 Å². The molecule has 1 aromatic heterocycles. The lowest BCUT2D eigenvalue weighted by atomic mass is 10.1. The molecule has 0 radical (unpaired) electrons. The molecule has 3 rings (SSSR count). The summed E-state index contributed by atoms with van der Waals surface area (Å²) in [6.45, 7) is 1.34. The van der Waals surface area contributed by atoms with Gasteiger partial charge in [-0.3, -0.25) is 0 Å². The van der Waals surface area contributed by atoms with Gasteiger partial charge < -0.3 is 15.2 Å². The Morgan fingerprint density at radius 2 is 2.24 bits per heavy atom. The molecule has 112 valence electrons. The van der Waals surface area contributed by atoms with Crippen LogP contribution in [0.3, 0.4) is 0 Å². The van der Waals surface area contributed by atoms with Gasteiger partial charge in [0, 0.05) is 19.0 Å². The van der Waals surface area contributed by atoms with Gasteiger partial charge in [-0.1, -0.05) is 12.1 Å². The van der Waals surface area contributed by atoms with E-state index in [1.807, 2.05) is 28.9 Å². The average molecular weight is 288 g/mol. The van der Waals surface area contributed by atoms with E-state index in [0.717, 1.165) is 36.5 Å². The molecule has 0 aliphatic carbocycles. The van der Waals surface area contributed by atoms with Gasteiger partial charge in [0.25, 0.3) is 0 Å². The normalized spacial score (nSPS) is 19.0. The predicted molar refractivity (Wildman–Crippen MR) is 78.1 cm³/mol. The Hall–Kier alpha value is -1.92. The lowest BCUT2D eigenvalue weighted by Gasteiger charge is -2.25. The number of aliphatic hydroxyl groups is 1. The molecule has 2 aromatic rings. The molecule has 0 saturated heterocycles. The van der Waals surface area contributed by atoms with Gasteiger partial charge >= 0.3 is 0 Å². The van der Waals surface area contributed by atoms with Gasteiger partial charge in [0.15, 0.2) is 0 Å². The van der Waals surface area contributed by atoms with Crippen molar-refractivity contribution in [2.75, 3.05) is 13.7 Å². The maximum Gasteiger partial charge on any atom is 0.138 e. The molecule has 0 amide bonds. The van der Waals surface area contributed by atoms with Crippen LogP contribution < -0.4 is 10.1 Å². The predicted octanol–water partition coefficient (Wildman–Crippen LogP) is 0.925. The number of methoxy groups -OCH3 is 1. The van der Waals surface area contributed by atoms with Crippen molar-refractivity contribution in [1.29, 1.82) is 0 Å². The molecular formula is C15H20N4O2. The van der Waals surface area contributed by atoms with Crippen LogP contribution >= 0.6 is 0 Å². The fraction of sp³-hybridized carbons (Fsp3) is 0.467. The van der Waals surface area contributed by atoms with Crippen molar-refractivity contribution in [2.45, 2.75) is 31.5 Å². The molecule has 6 heteroatoms. The van der Waals surface area contributed by atoms with Gasteiger partial charge in [0.2, 0.25) is 0 Å². The molecule has 0 saturated carbocycles. The Morgan fingerprint density at radius 3 is 3.00 bits per heavy atom. The highest BCUT2D eigenvalue weighted by Gasteiger charge is 2.20. The van der Waals surface area contributed by atoms with E-state index in [1.165, 1.54) is 0 Å². The number of benzene rings is 1. The van der Waals surface area contributed by atoms with E-state index >= 15 is 0 Å². The van der Waals surface area contributed by atoms with Crippen molar-refractivity contribution >= 4 is 0 Å². The van der Waals surface area contributed by atoms with Crippen molar-refractivity contribution in [3.8, 4) is 5.75 Å². The summed E-state index contributed by atoms with van der Waals surface area (Å²) in [7, 11) is 1.63. The summed E-state index contributed by atoms with van der Waals surface area (Å²) in [4.78, 5) is 4.21. The first-order valence-electron chi connectivity index (χ1n) is 7.18. The van der Waals surface area contributed by atoms with Crippen LogP contribution in [0, 0.1) is 0 Å². The monoisotopic (exact) mass is 288 g/mol. The topological polar surface area (TPSA) is 72.2 Å². The molecule has 2 heterocycles. The zero-order chi connectivity index (χ0) is 14.7. The number of hydrogen-bond donors (Lipinski definition) is 2. The summed E-state index contributed by atoms with van der Waals surface area (Å²) in [5.74, 6) is 1.84. The van der Waals surface area contributed by atoms with Crippen molar-refractivity contribution in [3.63, 3.8) is 0 Å². The summed E-state index contributed by atoms with van der Waals surface area (Å²) in [6, 6.07) is 7.83. The summed E-state index contributed by atoms with van der Waals surface area (Å²) in [5, 5.41) is 17.8. The quantitative estimate of drug-likeness (QED) is 0.856. The van der Waals surface area contributed by atoms with Gasteiger partial charge in [-0.15, -0.1) is 0 Å². The second-order valence-corrected chi connectivity index (χ2v) is 5.29. The van der Waals surface area contributed by atoms with E-state index in [4.69, 9.17) is 4.74 Å². The third-order valence-electron chi connectivity index (χ3n) is 3.91. The van der Waals surface area contributed by atoms with E-state index in [1.54, 1.807) is 13.4 Å². The maximum atomic E-state index is 10.2. The van der Waals surface area contributed by atoms with Gasteiger partial charge in [-0.2, -0.15) is 5.10 Å². The Morgan fingerprint density at radius 1 is 1.43 bits per heavy atom. The van der Waals surface area contributed by atoms with Crippen molar-refractivity contribution in [3.05, 3.63) is 42.0 Å². The van der Waals surface area contributed by atoms with Crippen LogP contribution in [0.5, 0.6) is 5.75 Å². The van der Waals surface area contributed by atoms with Crippen LogP contribution in [0.2, 0.25) is 0 Å². The number of ether oxygens (including phenoxy) is 1. The lowest BCUT2D eigenvalue weighted by Crippen LogP contribution is -2.39. The molecule has 0 fully saturated rings. The third-order valence-corrected chi connectivity index (χ3v) is 3.91. The molecule has 0 bridgehead atoms. The summed E-state index contributed by atoms with van der Waals surface area (Å²) in [6.07, 6.45) is 3.03. The van der Waals surface area contributed by atoms with E-state index in [2.05, 4.69) is 15.4 Å². The second kappa shape index (κ2) is 6.24. The summed E-state index contributed by atoms with van der Waals surface area (Å²) in [5.41, 5.74) is 0.889. The van der Waals surface area contributed by atoms with Crippen LogP contribution in [0.15, 0.2) is 30.6 Å². The second-order valence-electron chi connectivity index (χ2n) is 5.29. The van der Waals surface area contributed by atoms with E-state index in [9.17, 15) is 5.11 Å². The zero-order valence-electron chi connectivity index (χ0n) is 12.1. The molecule has 2 N–H and O–H groups in total. The number of aryl methyl sites for hydroxylation is 1. The lowest BCUT2D eigenvalue weighted by molar-refractivity contribution is 0.165. The molecule has 21 heavy (non-hydrogen) atoms. The van der Waals surface area contributed by atoms with Crippen molar-refractivity contribution in [2.24, 2.45) is 0 Å². The Labute approximate surface area is 123 Å². The smallest absolute Gasteiger partial charge is 0.138 e. The molecule has 1 aliphatic rings. The largest absolute Gasteiger partial charge is 0.497 e. The Balaban J connectivity index is 1.53. The minimum atomic E-state index is -0.520. The van der Waals surface area contributed by atoms with Gasteiger partial charge in [-0.05, 0) is 24.1 Å². The first-order chi connectivity index (χ1) is 10.3. The summed E-state index contributed by atoms with van der Waals surface area (Å²) < 4.78 is 7.05. The van der Waals surface area contributed by atoms with E-state index in [-0.39, 0.29) is 0 Å². The highest BCUT2D eigenvalue weighted by atomic mass is 16.5. The Kier molecular flexibility index (Phi) is 4.17. The number of hydrogen-bond acceptors (Lipinski definition) is 5. The molecule has 2 atom stereocenters. The molecule has 0 unspecified atom stereocenters. The molecule has 6 nitrogen and oxygen atoms in total. The number of aliphatic hydroxyl groups excluding tert-OH is 1. The number of aromatic nitrogens is 3. The minimum Gasteiger partial charge on any atom is -0.497 e. The third kappa shape index (κ3) is 3.22. The van der Waals surface area contributed by atoms with Crippen LogP contribution in [-0.2, 0) is 13.0 Å². The standard InChI is InChI=1S/C15H20N4O2/c1-21-13-5-2-11(3-6-13)14(20)8-16-12-4-7-15-17-10-18-19(15)9-12/h2-3,5-6,10,12,14,16,20H,4,7-9H2,1H3/t12-,14+/m0/s1. The highest BCUT2D eigenvalue weighted by Crippen LogP contribution is 2.18. The fourth-order valence-corrected chi connectivity index (χ4v) is 2.63. The zero-order valence-corrected chi connectivity index (χ0v) is 12.1.